The Morgan fingerprint density at radius 2 is 0.345 bits per heavy atom. The van der Waals surface area contributed by atoms with Crippen molar-refractivity contribution in [3.63, 3.8) is 0 Å². The van der Waals surface area contributed by atoms with Gasteiger partial charge in [-0.05, 0) is 218 Å². The second-order valence-corrected chi connectivity index (χ2v) is 40.4. The Morgan fingerprint density at radius 1 is 0.160 bits per heavy atom. The zero-order chi connectivity index (χ0) is 88.7. The molecule has 0 saturated heterocycles. The zero-order valence-electron chi connectivity index (χ0n) is 82.7. The lowest BCUT2D eigenvalue weighted by molar-refractivity contribution is 0.453. The van der Waals surface area contributed by atoms with Crippen LogP contribution in [0.1, 0.15) is 414 Å². The van der Waals surface area contributed by atoms with Crippen molar-refractivity contribution in [1.82, 2.24) is 105 Å². The maximum Gasteiger partial charge on any atom is 0.0725 e. The predicted octanol–water partition coefficient (Wildman–Crippen LogP) is 25.9. The van der Waals surface area contributed by atoms with Gasteiger partial charge in [0.25, 0.3) is 0 Å². The van der Waals surface area contributed by atoms with Gasteiger partial charge in [0.2, 0.25) is 0 Å². The van der Waals surface area contributed by atoms with Crippen LogP contribution in [-0.2, 0) is 90.8 Å². The van der Waals surface area contributed by atoms with E-state index in [1.165, 1.54) is 220 Å². The Balaban J connectivity index is 0.000000694. The molecule has 0 aliphatic rings. The van der Waals surface area contributed by atoms with Gasteiger partial charge in [0.1, 0.15) is 0 Å². The van der Waals surface area contributed by atoms with E-state index in [-0.39, 0.29) is 0 Å². The molecule has 686 valence electrons. The molecular formula is C98H189N21. The van der Waals surface area contributed by atoms with Crippen LogP contribution in [0.3, 0.4) is 0 Å². The molecule has 0 radical (unpaired) electrons. The monoisotopic (exact) mass is 1660 g/mol. The van der Waals surface area contributed by atoms with Crippen LogP contribution < -0.4 is 0 Å². The molecule has 21 nitrogen and oxygen atoms in total. The fourth-order valence-electron chi connectivity index (χ4n) is 13.7. The first kappa shape index (κ1) is 111. The van der Waals surface area contributed by atoms with Crippen LogP contribution in [0.4, 0.5) is 0 Å². The van der Waals surface area contributed by atoms with Gasteiger partial charge in [0, 0.05) is 45.8 Å². The van der Waals surface area contributed by atoms with E-state index in [9.17, 15) is 0 Å². The minimum Gasteiger partial charge on any atom is -0.249 e. The van der Waals surface area contributed by atoms with Gasteiger partial charge < -0.3 is 0 Å². The summed E-state index contributed by atoms with van der Waals surface area (Å²) in [6, 6.07) is 0. The molecule has 0 N–H and O–H groups in total. The minimum absolute atomic E-state index is 0.636. The Kier molecular flexibility index (Phi) is 64.7. The predicted molar refractivity (Wildman–Crippen MR) is 503 cm³/mol. The van der Waals surface area contributed by atoms with E-state index in [0.717, 1.165) is 162 Å². The van der Waals surface area contributed by atoms with Gasteiger partial charge in [-0.3, -0.25) is 0 Å². The summed E-state index contributed by atoms with van der Waals surface area (Å²) in [6.45, 7) is 70.5. The third-order valence-electron chi connectivity index (χ3n) is 21.3. The summed E-state index contributed by atoms with van der Waals surface area (Å²) in [5.74, 6) is 10.7. The summed E-state index contributed by atoms with van der Waals surface area (Å²) in [5.41, 5.74) is 9.09. The number of nitrogens with zero attached hydrogens (tertiary/aromatic N) is 21. The first-order valence-electron chi connectivity index (χ1n) is 48.8. The van der Waals surface area contributed by atoms with Gasteiger partial charge in [-0.25, -0.2) is 32.8 Å². The highest BCUT2D eigenvalue weighted by Gasteiger charge is 2.13. The minimum atomic E-state index is 0.636. The smallest absolute Gasteiger partial charge is 0.0725 e. The largest absolute Gasteiger partial charge is 0.249 e. The quantitative estimate of drug-likeness (QED) is 0.0324. The molecule has 0 saturated carbocycles. The normalized spacial score (nSPS) is 11.6. The molecule has 0 spiro atoms. The van der Waals surface area contributed by atoms with Crippen LogP contribution in [0.5, 0.6) is 0 Å². The van der Waals surface area contributed by atoms with E-state index < -0.39 is 0 Å². The SMILES string of the molecule is CC(C)CCCCCc1cnnn1CC(C)C.CC(C)CCCCCc1cnnn1CC(C)C.CC(C)CCCCc1cnnn1CCC(C)C.CC(C)CCCCc1cnnn1CCC(C)C.CC(C)CCCCn1nncc1CCC(C)C.CC(C)CCCc1cnnn1CCCC(C)C.CC(C)CCCc1cnnn1CCCC(C)C. The van der Waals surface area contributed by atoms with E-state index >= 15 is 0 Å². The molecule has 0 aliphatic heterocycles. The Morgan fingerprint density at radius 3 is 0.605 bits per heavy atom. The lowest BCUT2D eigenvalue weighted by atomic mass is 10.0. The summed E-state index contributed by atoms with van der Waals surface area (Å²) in [5, 5.41) is 57.3. The van der Waals surface area contributed by atoms with Crippen molar-refractivity contribution >= 4 is 0 Å². The molecule has 0 bridgehead atoms. The molecule has 0 aromatic carbocycles. The van der Waals surface area contributed by atoms with Crippen molar-refractivity contribution in [1.29, 1.82) is 0 Å². The maximum atomic E-state index is 4.18. The van der Waals surface area contributed by atoms with Gasteiger partial charge in [-0.2, -0.15) is 0 Å². The molecule has 0 atom stereocenters. The Bertz CT molecular complexity index is 3010. The highest BCUT2D eigenvalue weighted by Crippen LogP contribution is 2.20. The number of aryl methyl sites for hydroxylation is 12. The van der Waals surface area contributed by atoms with Crippen molar-refractivity contribution in [2.45, 2.75) is 464 Å². The molecular weight excluding hydrogens is 1470 g/mol. The van der Waals surface area contributed by atoms with E-state index in [1.807, 2.05) is 43.4 Å². The van der Waals surface area contributed by atoms with E-state index in [4.69, 9.17) is 0 Å². The first-order chi connectivity index (χ1) is 56.6. The average Bonchev–Trinajstić information content (AvgIpc) is 1.79. The first-order valence-corrected chi connectivity index (χ1v) is 48.8. The molecule has 7 heterocycles. The van der Waals surface area contributed by atoms with E-state index in [1.54, 1.807) is 0 Å². The van der Waals surface area contributed by atoms with Crippen molar-refractivity contribution in [2.24, 2.45) is 82.9 Å². The molecule has 0 unspecified atom stereocenters. The number of hydrogen-bond acceptors (Lipinski definition) is 14. The molecule has 7 rings (SSSR count). The summed E-state index contributed by atoms with van der Waals surface area (Å²) < 4.78 is 14.5. The standard InChI is InChI=1S/7C14H27N3/c2*1-12(2)7-5-9-14-11-15-16-17(14)10-6-8-13(3)4;1-12(2)7-5-6-10-17-14(11-15-16-17)9-8-13(3)4;2*1-12(2)7-5-6-8-14-11-15-16-17(14)10-9-13(3)4;2*1-12(2)8-6-5-7-9-14-10-15-16-17(14)11-13(3)4/h5*11-13H,5-10H2,1-4H3;2*10,12-13H,5-9,11H2,1-4H3. The highest BCUT2D eigenvalue weighted by atomic mass is 15.5. The lowest BCUT2D eigenvalue weighted by Crippen LogP contribution is -2.09. The number of rotatable bonds is 56. The fraction of sp³-hybridized carbons (Fsp3) is 0.857. The van der Waals surface area contributed by atoms with Gasteiger partial charge in [-0.15, -0.1) is 35.7 Å². The molecule has 0 amide bonds. The Hall–Kier alpha value is -6.02. The molecule has 0 fully saturated rings. The van der Waals surface area contributed by atoms with Crippen molar-refractivity contribution in [2.75, 3.05) is 0 Å². The van der Waals surface area contributed by atoms with Crippen LogP contribution in [0, 0.1) is 82.9 Å². The van der Waals surface area contributed by atoms with Crippen LogP contribution in [0.25, 0.3) is 0 Å². The topological polar surface area (TPSA) is 215 Å². The molecule has 119 heavy (non-hydrogen) atoms. The third kappa shape index (κ3) is 61.9. The van der Waals surface area contributed by atoms with Crippen molar-refractivity contribution < 1.29 is 0 Å². The Labute approximate surface area is 731 Å². The fourth-order valence-corrected chi connectivity index (χ4v) is 13.7. The molecule has 7 aromatic heterocycles. The third-order valence-corrected chi connectivity index (χ3v) is 21.3. The van der Waals surface area contributed by atoms with Gasteiger partial charge >= 0.3 is 0 Å². The summed E-state index contributed by atoms with van der Waals surface area (Å²) in [6.07, 6.45) is 57.1. The maximum absolute atomic E-state index is 4.18. The molecule has 0 aliphatic carbocycles. The number of aromatic nitrogens is 21. The number of hydrogen-bond donors (Lipinski definition) is 0. The van der Waals surface area contributed by atoms with E-state index in [2.05, 4.69) is 299 Å². The van der Waals surface area contributed by atoms with Gasteiger partial charge in [0.05, 0.1) is 83.2 Å². The second-order valence-electron chi connectivity index (χ2n) is 40.4. The van der Waals surface area contributed by atoms with Crippen LogP contribution in [0.15, 0.2) is 43.4 Å². The molecule has 7 aromatic rings. The lowest BCUT2D eigenvalue weighted by Gasteiger charge is -2.08. The van der Waals surface area contributed by atoms with E-state index in [0.29, 0.717) is 11.8 Å². The second kappa shape index (κ2) is 69.4. The highest BCUT2D eigenvalue weighted by molar-refractivity contribution is 4.99. The van der Waals surface area contributed by atoms with Crippen LogP contribution in [0.2, 0.25) is 0 Å². The van der Waals surface area contributed by atoms with Gasteiger partial charge in [-0.1, -0.05) is 320 Å². The van der Waals surface area contributed by atoms with Crippen molar-refractivity contribution in [3.05, 3.63) is 83.2 Å². The van der Waals surface area contributed by atoms with Gasteiger partial charge in [0.15, 0.2) is 0 Å². The van der Waals surface area contributed by atoms with Crippen molar-refractivity contribution in [3.8, 4) is 0 Å². The zero-order valence-corrected chi connectivity index (χ0v) is 82.7. The summed E-state index contributed by atoms with van der Waals surface area (Å²) in [4.78, 5) is 0. The molecule has 21 heteroatoms. The van der Waals surface area contributed by atoms with Crippen LogP contribution >= 0.6 is 0 Å². The van der Waals surface area contributed by atoms with Crippen LogP contribution in [-0.4, -0.2) is 105 Å². The summed E-state index contributed by atoms with van der Waals surface area (Å²) >= 11 is 0. The summed E-state index contributed by atoms with van der Waals surface area (Å²) in [7, 11) is 0. The number of unbranched alkanes of at least 4 members (excludes halogenated alkanes) is 7. The average molecular weight is 1660 g/mol.